The summed E-state index contributed by atoms with van der Waals surface area (Å²) in [6.07, 6.45) is 1.51. The highest BCUT2D eigenvalue weighted by Gasteiger charge is 2.03. The standard InChI is InChI=1S/C8H9ClN2O/c1-2-10-8(12)6-3-4-11-7(9)5-6/h3-5H,2H2,1H3,(H,10,12). The number of nitrogens with one attached hydrogen (secondary N) is 1. The van der Waals surface area contributed by atoms with Crippen molar-refractivity contribution in [1.82, 2.24) is 10.3 Å². The van der Waals surface area contributed by atoms with Crippen molar-refractivity contribution < 1.29 is 4.79 Å². The van der Waals surface area contributed by atoms with Crippen molar-refractivity contribution >= 4 is 17.5 Å². The van der Waals surface area contributed by atoms with Crippen LogP contribution in [-0.2, 0) is 0 Å². The van der Waals surface area contributed by atoms with E-state index in [1.165, 1.54) is 12.3 Å². The highest BCUT2D eigenvalue weighted by molar-refractivity contribution is 6.29. The lowest BCUT2D eigenvalue weighted by Gasteiger charge is -2.00. The zero-order chi connectivity index (χ0) is 8.97. The molecule has 0 radical (unpaired) electrons. The maximum Gasteiger partial charge on any atom is 0.251 e. The van der Waals surface area contributed by atoms with E-state index in [2.05, 4.69) is 10.3 Å². The van der Waals surface area contributed by atoms with Crippen LogP contribution >= 0.6 is 11.6 Å². The van der Waals surface area contributed by atoms with E-state index in [9.17, 15) is 4.79 Å². The van der Waals surface area contributed by atoms with E-state index in [4.69, 9.17) is 11.6 Å². The summed E-state index contributed by atoms with van der Waals surface area (Å²) in [6, 6.07) is 3.16. The second-order valence-electron chi connectivity index (χ2n) is 2.23. The van der Waals surface area contributed by atoms with E-state index >= 15 is 0 Å². The largest absolute Gasteiger partial charge is 0.352 e. The second kappa shape index (κ2) is 4.07. The first-order chi connectivity index (χ1) is 5.74. The fourth-order valence-electron chi connectivity index (χ4n) is 0.806. The summed E-state index contributed by atoms with van der Waals surface area (Å²) in [4.78, 5) is 15.0. The topological polar surface area (TPSA) is 42.0 Å². The van der Waals surface area contributed by atoms with E-state index in [1.807, 2.05) is 6.92 Å². The molecular weight excluding hydrogens is 176 g/mol. The third-order valence-electron chi connectivity index (χ3n) is 1.33. The van der Waals surface area contributed by atoms with Crippen molar-refractivity contribution in [2.45, 2.75) is 6.92 Å². The monoisotopic (exact) mass is 184 g/mol. The minimum atomic E-state index is -0.123. The average Bonchev–Trinajstić information content (AvgIpc) is 2.05. The molecule has 4 heteroatoms. The number of pyridine rings is 1. The Morgan fingerprint density at radius 3 is 3.08 bits per heavy atom. The number of rotatable bonds is 2. The van der Waals surface area contributed by atoms with Crippen LogP contribution in [-0.4, -0.2) is 17.4 Å². The molecule has 0 atom stereocenters. The van der Waals surface area contributed by atoms with Gasteiger partial charge in [0, 0.05) is 18.3 Å². The van der Waals surface area contributed by atoms with Gasteiger partial charge in [0.2, 0.25) is 0 Å². The van der Waals surface area contributed by atoms with Gasteiger partial charge in [-0.3, -0.25) is 4.79 Å². The summed E-state index contributed by atoms with van der Waals surface area (Å²) in [5.74, 6) is -0.123. The summed E-state index contributed by atoms with van der Waals surface area (Å²) in [6.45, 7) is 2.47. The molecule has 0 aromatic carbocycles. The number of nitrogens with zero attached hydrogens (tertiary/aromatic N) is 1. The van der Waals surface area contributed by atoms with Gasteiger partial charge in [0.05, 0.1) is 0 Å². The molecule has 1 aromatic heterocycles. The molecular formula is C8H9ClN2O. The average molecular weight is 185 g/mol. The number of hydrogen-bond acceptors (Lipinski definition) is 2. The Bertz CT molecular complexity index is 288. The minimum absolute atomic E-state index is 0.123. The summed E-state index contributed by atoms with van der Waals surface area (Å²) in [5, 5.41) is 3.00. The van der Waals surface area contributed by atoms with Gasteiger partial charge in [0.1, 0.15) is 5.15 Å². The fraction of sp³-hybridized carbons (Fsp3) is 0.250. The lowest BCUT2D eigenvalue weighted by Crippen LogP contribution is -2.22. The Kier molecular flexibility index (Phi) is 3.05. The number of hydrogen-bond donors (Lipinski definition) is 1. The molecule has 3 nitrogen and oxygen atoms in total. The molecule has 0 saturated heterocycles. The van der Waals surface area contributed by atoms with Crippen molar-refractivity contribution in [3.8, 4) is 0 Å². The second-order valence-corrected chi connectivity index (χ2v) is 2.61. The molecule has 0 fully saturated rings. The van der Waals surface area contributed by atoms with Crippen molar-refractivity contribution in [3.05, 3.63) is 29.0 Å². The van der Waals surface area contributed by atoms with Gasteiger partial charge < -0.3 is 5.32 Å². The summed E-state index contributed by atoms with van der Waals surface area (Å²) < 4.78 is 0. The van der Waals surface area contributed by atoms with Crippen LogP contribution in [0.1, 0.15) is 17.3 Å². The van der Waals surface area contributed by atoms with E-state index in [1.54, 1.807) is 6.07 Å². The summed E-state index contributed by atoms with van der Waals surface area (Å²) >= 11 is 5.60. The highest BCUT2D eigenvalue weighted by Crippen LogP contribution is 2.06. The van der Waals surface area contributed by atoms with Gasteiger partial charge in [-0.25, -0.2) is 4.98 Å². The maximum atomic E-state index is 11.2. The molecule has 0 saturated carbocycles. The van der Waals surface area contributed by atoms with Crippen LogP contribution in [0, 0.1) is 0 Å². The van der Waals surface area contributed by atoms with Gasteiger partial charge in [0.15, 0.2) is 0 Å². The predicted octanol–water partition coefficient (Wildman–Crippen LogP) is 1.48. The Morgan fingerprint density at radius 2 is 2.50 bits per heavy atom. The number of aromatic nitrogens is 1. The molecule has 0 aliphatic heterocycles. The molecule has 0 aliphatic rings. The zero-order valence-electron chi connectivity index (χ0n) is 6.67. The Morgan fingerprint density at radius 1 is 1.75 bits per heavy atom. The number of carbonyl (C=O) groups is 1. The first-order valence-corrected chi connectivity index (χ1v) is 4.01. The van der Waals surface area contributed by atoms with Gasteiger partial charge in [0.25, 0.3) is 5.91 Å². The Balaban J connectivity index is 2.81. The van der Waals surface area contributed by atoms with Crippen LogP contribution in [0.4, 0.5) is 0 Å². The van der Waals surface area contributed by atoms with E-state index in [0.29, 0.717) is 17.3 Å². The van der Waals surface area contributed by atoms with Crippen molar-refractivity contribution in [2.24, 2.45) is 0 Å². The van der Waals surface area contributed by atoms with Crippen LogP contribution < -0.4 is 5.32 Å². The van der Waals surface area contributed by atoms with Gasteiger partial charge in [-0.05, 0) is 19.1 Å². The first-order valence-electron chi connectivity index (χ1n) is 3.63. The SMILES string of the molecule is CCNC(=O)c1ccnc(Cl)c1. The summed E-state index contributed by atoms with van der Waals surface area (Å²) in [7, 11) is 0. The highest BCUT2D eigenvalue weighted by atomic mass is 35.5. The normalized spacial score (nSPS) is 9.50. The van der Waals surface area contributed by atoms with Gasteiger partial charge in [-0.15, -0.1) is 0 Å². The molecule has 0 unspecified atom stereocenters. The third-order valence-corrected chi connectivity index (χ3v) is 1.53. The molecule has 1 aromatic rings. The number of halogens is 1. The predicted molar refractivity (Wildman–Crippen MR) is 47.3 cm³/mol. The van der Waals surface area contributed by atoms with Crippen molar-refractivity contribution in [3.63, 3.8) is 0 Å². The lowest BCUT2D eigenvalue weighted by atomic mass is 10.2. The molecule has 64 valence electrons. The van der Waals surface area contributed by atoms with Gasteiger partial charge in [-0.1, -0.05) is 11.6 Å². The molecule has 1 amide bonds. The van der Waals surface area contributed by atoms with Crippen LogP contribution in [0.25, 0.3) is 0 Å². The minimum Gasteiger partial charge on any atom is -0.352 e. The Hall–Kier alpha value is -1.09. The summed E-state index contributed by atoms with van der Waals surface area (Å²) in [5.41, 5.74) is 0.539. The van der Waals surface area contributed by atoms with Gasteiger partial charge in [-0.2, -0.15) is 0 Å². The van der Waals surface area contributed by atoms with Crippen LogP contribution in [0.2, 0.25) is 5.15 Å². The molecule has 0 aliphatic carbocycles. The number of amides is 1. The van der Waals surface area contributed by atoms with Crippen LogP contribution in [0.5, 0.6) is 0 Å². The van der Waals surface area contributed by atoms with Crippen LogP contribution in [0.15, 0.2) is 18.3 Å². The van der Waals surface area contributed by atoms with Crippen molar-refractivity contribution in [2.75, 3.05) is 6.54 Å². The van der Waals surface area contributed by atoms with E-state index in [0.717, 1.165) is 0 Å². The number of carbonyl (C=O) groups excluding carboxylic acids is 1. The molecule has 1 rings (SSSR count). The molecule has 12 heavy (non-hydrogen) atoms. The van der Waals surface area contributed by atoms with Gasteiger partial charge >= 0.3 is 0 Å². The molecule has 0 bridgehead atoms. The lowest BCUT2D eigenvalue weighted by molar-refractivity contribution is 0.0955. The van der Waals surface area contributed by atoms with Crippen LogP contribution in [0.3, 0.4) is 0 Å². The fourth-order valence-corrected chi connectivity index (χ4v) is 0.980. The Labute approximate surface area is 75.8 Å². The smallest absolute Gasteiger partial charge is 0.251 e. The molecule has 0 spiro atoms. The van der Waals surface area contributed by atoms with E-state index < -0.39 is 0 Å². The third kappa shape index (κ3) is 2.20. The maximum absolute atomic E-state index is 11.2. The van der Waals surface area contributed by atoms with Crippen molar-refractivity contribution in [1.29, 1.82) is 0 Å². The first kappa shape index (κ1) is 9.00. The molecule has 1 heterocycles. The zero-order valence-corrected chi connectivity index (χ0v) is 7.43. The molecule has 1 N–H and O–H groups in total. The quantitative estimate of drug-likeness (QED) is 0.708. The van der Waals surface area contributed by atoms with E-state index in [-0.39, 0.29) is 5.91 Å².